The van der Waals surface area contributed by atoms with E-state index < -0.39 is 0 Å². The lowest BCUT2D eigenvalue weighted by Gasteiger charge is -2.11. The predicted octanol–water partition coefficient (Wildman–Crippen LogP) is 1.68. The Morgan fingerprint density at radius 3 is 2.19 bits per heavy atom. The summed E-state index contributed by atoms with van der Waals surface area (Å²) in [5.74, 6) is 2.02. The molecule has 21 heavy (non-hydrogen) atoms. The Bertz CT molecular complexity index is 599. The third-order valence-electron chi connectivity index (χ3n) is 2.66. The molecule has 1 heterocycles. The summed E-state index contributed by atoms with van der Waals surface area (Å²) in [4.78, 5) is 12.4. The second-order valence-corrected chi connectivity index (χ2v) is 3.91. The number of rotatable bonds is 6. The zero-order chi connectivity index (χ0) is 15.2. The zero-order valence-electron chi connectivity index (χ0n) is 12.3. The molecule has 2 N–H and O–H groups in total. The molecule has 0 saturated carbocycles. The SMILES string of the molecule is CNc1nc(Nc2ccc(OC)c(OC)c2)nc(OC)n1. The summed E-state index contributed by atoms with van der Waals surface area (Å²) in [7, 11) is 6.37. The highest BCUT2D eigenvalue weighted by atomic mass is 16.5. The Labute approximate surface area is 122 Å². The van der Waals surface area contributed by atoms with Crippen LogP contribution in [0.5, 0.6) is 17.5 Å². The fourth-order valence-corrected chi connectivity index (χ4v) is 1.66. The minimum atomic E-state index is 0.220. The molecular formula is C13H17N5O3. The molecule has 112 valence electrons. The van der Waals surface area contributed by atoms with Crippen LogP contribution >= 0.6 is 0 Å². The van der Waals surface area contributed by atoms with Crippen molar-refractivity contribution in [2.24, 2.45) is 0 Å². The van der Waals surface area contributed by atoms with E-state index in [9.17, 15) is 0 Å². The molecule has 0 spiro atoms. The highest BCUT2D eigenvalue weighted by molar-refractivity contribution is 5.60. The fraction of sp³-hybridized carbons (Fsp3) is 0.308. The summed E-state index contributed by atoms with van der Waals surface area (Å²) >= 11 is 0. The molecule has 8 heteroatoms. The van der Waals surface area contributed by atoms with Crippen LogP contribution in [0.15, 0.2) is 18.2 Å². The van der Waals surface area contributed by atoms with E-state index in [2.05, 4.69) is 25.6 Å². The number of hydrogen-bond acceptors (Lipinski definition) is 8. The van der Waals surface area contributed by atoms with Gasteiger partial charge in [-0.15, -0.1) is 0 Å². The lowest BCUT2D eigenvalue weighted by molar-refractivity contribution is 0.355. The van der Waals surface area contributed by atoms with Crippen LogP contribution in [0.4, 0.5) is 17.6 Å². The quantitative estimate of drug-likeness (QED) is 0.831. The van der Waals surface area contributed by atoms with Gasteiger partial charge in [-0.25, -0.2) is 0 Å². The van der Waals surface area contributed by atoms with Crippen molar-refractivity contribution in [2.45, 2.75) is 0 Å². The van der Waals surface area contributed by atoms with Gasteiger partial charge >= 0.3 is 6.01 Å². The van der Waals surface area contributed by atoms with Gasteiger partial charge in [-0.05, 0) is 12.1 Å². The summed E-state index contributed by atoms with van der Waals surface area (Å²) < 4.78 is 15.5. The second-order valence-electron chi connectivity index (χ2n) is 3.91. The van der Waals surface area contributed by atoms with Gasteiger partial charge in [0, 0.05) is 18.8 Å². The molecule has 0 saturated heterocycles. The van der Waals surface area contributed by atoms with Gasteiger partial charge in [0.15, 0.2) is 11.5 Å². The van der Waals surface area contributed by atoms with Gasteiger partial charge in [-0.1, -0.05) is 0 Å². The van der Waals surface area contributed by atoms with Crippen LogP contribution in [0, 0.1) is 0 Å². The number of benzene rings is 1. The minimum absolute atomic E-state index is 0.220. The fourth-order valence-electron chi connectivity index (χ4n) is 1.66. The molecule has 2 rings (SSSR count). The van der Waals surface area contributed by atoms with Crippen molar-refractivity contribution in [3.63, 3.8) is 0 Å². The van der Waals surface area contributed by atoms with Crippen molar-refractivity contribution in [1.29, 1.82) is 0 Å². The predicted molar refractivity (Wildman–Crippen MR) is 78.8 cm³/mol. The third kappa shape index (κ3) is 3.41. The van der Waals surface area contributed by atoms with E-state index in [4.69, 9.17) is 14.2 Å². The molecule has 0 unspecified atom stereocenters. The van der Waals surface area contributed by atoms with Gasteiger partial charge in [0.1, 0.15) is 0 Å². The first-order chi connectivity index (χ1) is 10.2. The molecule has 0 aliphatic carbocycles. The van der Waals surface area contributed by atoms with E-state index >= 15 is 0 Å². The summed E-state index contributed by atoms with van der Waals surface area (Å²) in [5, 5.41) is 5.90. The molecule has 2 aromatic rings. The third-order valence-corrected chi connectivity index (χ3v) is 2.66. The van der Waals surface area contributed by atoms with Crippen molar-refractivity contribution in [3.8, 4) is 17.5 Å². The number of nitrogens with one attached hydrogen (secondary N) is 2. The largest absolute Gasteiger partial charge is 0.493 e. The Hall–Kier alpha value is -2.77. The van der Waals surface area contributed by atoms with Crippen molar-refractivity contribution >= 4 is 17.6 Å². The maximum absolute atomic E-state index is 5.25. The maximum Gasteiger partial charge on any atom is 0.322 e. The van der Waals surface area contributed by atoms with Crippen LogP contribution in [-0.4, -0.2) is 43.3 Å². The minimum Gasteiger partial charge on any atom is -0.493 e. The number of methoxy groups -OCH3 is 3. The molecule has 0 atom stereocenters. The topological polar surface area (TPSA) is 90.4 Å². The van der Waals surface area contributed by atoms with Crippen molar-refractivity contribution in [3.05, 3.63) is 18.2 Å². The summed E-state index contributed by atoms with van der Waals surface area (Å²) in [6.45, 7) is 0. The molecular weight excluding hydrogens is 274 g/mol. The van der Waals surface area contributed by atoms with Crippen LogP contribution in [0.3, 0.4) is 0 Å². The number of hydrogen-bond donors (Lipinski definition) is 2. The lowest BCUT2D eigenvalue weighted by Crippen LogP contribution is -2.05. The van der Waals surface area contributed by atoms with Gasteiger partial charge in [-0.3, -0.25) is 0 Å². The Kier molecular flexibility index (Phi) is 4.60. The number of anilines is 3. The van der Waals surface area contributed by atoms with Gasteiger partial charge in [0.25, 0.3) is 0 Å². The molecule has 0 amide bonds. The van der Waals surface area contributed by atoms with E-state index in [-0.39, 0.29) is 6.01 Å². The molecule has 0 fully saturated rings. The highest BCUT2D eigenvalue weighted by Crippen LogP contribution is 2.30. The molecule has 0 bridgehead atoms. The van der Waals surface area contributed by atoms with Crippen LogP contribution in [0.25, 0.3) is 0 Å². The molecule has 0 radical (unpaired) electrons. The molecule has 1 aromatic heterocycles. The zero-order valence-corrected chi connectivity index (χ0v) is 12.3. The van der Waals surface area contributed by atoms with E-state index in [1.54, 1.807) is 33.4 Å². The van der Waals surface area contributed by atoms with Gasteiger partial charge < -0.3 is 24.8 Å². The first-order valence-corrected chi connectivity index (χ1v) is 6.17. The molecule has 0 aliphatic heterocycles. The standard InChI is InChI=1S/C13H17N5O3/c1-14-11-16-12(18-13(17-11)21-4)15-8-5-6-9(19-2)10(7-8)20-3/h5-7H,1-4H3,(H2,14,15,16,17,18). The average molecular weight is 291 g/mol. The molecule has 8 nitrogen and oxygen atoms in total. The summed E-state index contributed by atoms with van der Waals surface area (Å²) in [6, 6.07) is 5.63. The monoisotopic (exact) mass is 291 g/mol. The average Bonchev–Trinajstić information content (AvgIpc) is 2.54. The lowest BCUT2D eigenvalue weighted by atomic mass is 10.3. The first-order valence-electron chi connectivity index (χ1n) is 6.17. The van der Waals surface area contributed by atoms with E-state index in [1.807, 2.05) is 6.07 Å². The van der Waals surface area contributed by atoms with Gasteiger partial charge in [0.2, 0.25) is 11.9 Å². The summed E-state index contributed by atoms with van der Waals surface area (Å²) in [6.07, 6.45) is 0. The maximum atomic E-state index is 5.25. The van der Waals surface area contributed by atoms with Crippen LogP contribution in [0.1, 0.15) is 0 Å². The smallest absolute Gasteiger partial charge is 0.322 e. The Morgan fingerprint density at radius 2 is 1.57 bits per heavy atom. The van der Waals surface area contributed by atoms with E-state index in [0.717, 1.165) is 5.69 Å². The van der Waals surface area contributed by atoms with E-state index in [1.165, 1.54) is 7.11 Å². The normalized spacial score (nSPS) is 9.90. The second kappa shape index (κ2) is 6.60. The molecule has 0 aliphatic rings. The number of ether oxygens (including phenoxy) is 3. The Balaban J connectivity index is 2.29. The number of aromatic nitrogens is 3. The van der Waals surface area contributed by atoms with Crippen molar-refractivity contribution < 1.29 is 14.2 Å². The Morgan fingerprint density at radius 1 is 0.857 bits per heavy atom. The van der Waals surface area contributed by atoms with Crippen LogP contribution < -0.4 is 24.8 Å². The highest BCUT2D eigenvalue weighted by Gasteiger charge is 2.08. The molecule has 1 aromatic carbocycles. The van der Waals surface area contributed by atoms with Gasteiger partial charge in [-0.2, -0.15) is 15.0 Å². The van der Waals surface area contributed by atoms with Gasteiger partial charge in [0.05, 0.1) is 21.3 Å². The van der Waals surface area contributed by atoms with E-state index in [0.29, 0.717) is 23.4 Å². The van der Waals surface area contributed by atoms with Crippen LogP contribution in [0.2, 0.25) is 0 Å². The van der Waals surface area contributed by atoms with Crippen molar-refractivity contribution in [1.82, 2.24) is 15.0 Å². The summed E-state index contributed by atoms with van der Waals surface area (Å²) in [5.41, 5.74) is 0.753. The van der Waals surface area contributed by atoms with Crippen LogP contribution in [-0.2, 0) is 0 Å². The first kappa shape index (κ1) is 14.6. The number of nitrogens with zero attached hydrogens (tertiary/aromatic N) is 3. The van der Waals surface area contributed by atoms with Crippen molar-refractivity contribution in [2.75, 3.05) is 39.0 Å².